The third-order valence-corrected chi connectivity index (χ3v) is 11.5. The molecule has 9 aromatic carbocycles. The van der Waals surface area contributed by atoms with E-state index in [1.165, 1.54) is 80.8 Å². The Morgan fingerprint density at radius 2 is 0.827 bits per heavy atom. The van der Waals surface area contributed by atoms with Crippen LogP contribution in [0.2, 0.25) is 0 Å². The largest absolute Gasteiger partial charge is 0.309 e. The highest BCUT2D eigenvalue weighted by Gasteiger charge is 2.19. The van der Waals surface area contributed by atoms with Gasteiger partial charge in [0.2, 0.25) is 0 Å². The molecular weight excluding hydrogens is 647 g/mol. The van der Waals surface area contributed by atoms with Crippen LogP contribution in [0.5, 0.6) is 0 Å². The summed E-state index contributed by atoms with van der Waals surface area (Å²) in [6, 6.07) is 72.9. The number of rotatable bonds is 6. The van der Waals surface area contributed by atoms with E-state index in [9.17, 15) is 0 Å². The van der Waals surface area contributed by atoms with Gasteiger partial charge in [-0.15, -0.1) is 11.3 Å². The Balaban J connectivity index is 1.05. The molecule has 1 aromatic heterocycles. The van der Waals surface area contributed by atoms with Crippen molar-refractivity contribution in [1.82, 2.24) is 0 Å². The molecule has 0 aliphatic carbocycles. The standard InChI is InChI=1S/C50H33NS/c1-2-9-34(10-3-1)43-26-30-49-47(33-43)46-15-8-16-48(50(46)52-49)51(45-29-25-36-12-5-7-14-41(36)32-45)44-27-23-38(24-28-44)37-17-19-39(20-18-37)42-22-21-35-11-4-6-13-40(35)31-42/h1-33H. The first-order valence-corrected chi connectivity index (χ1v) is 18.6. The van der Waals surface area contributed by atoms with E-state index in [0.29, 0.717) is 0 Å². The van der Waals surface area contributed by atoms with Crippen LogP contribution in [0.3, 0.4) is 0 Å². The fraction of sp³-hybridized carbons (Fsp3) is 0. The molecule has 52 heavy (non-hydrogen) atoms. The molecule has 0 saturated heterocycles. The van der Waals surface area contributed by atoms with Crippen LogP contribution in [0.25, 0.3) is 75.1 Å². The molecule has 0 N–H and O–H groups in total. The Labute approximate surface area is 307 Å². The highest BCUT2D eigenvalue weighted by Crippen LogP contribution is 2.46. The van der Waals surface area contributed by atoms with E-state index in [1.54, 1.807) is 0 Å². The van der Waals surface area contributed by atoms with Crippen molar-refractivity contribution in [2.45, 2.75) is 0 Å². The minimum atomic E-state index is 1.13. The van der Waals surface area contributed by atoms with Crippen molar-refractivity contribution in [3.8, 4) is 33.4 Å². The Hall–Kier alpha value is -6.48. The van der Waals surface area contributed by atoms with Gasteiger partial charge >= 0.3 is 0 Å². The zero-order valence-corrected chi connectivity index (χ0v) is 29.2. The van der Waals surface area contributed by atoms with Crippen molar-refractivity contribution in [2.24, 2.45) is 0 Å². The minimum absolute atomic E-state index is 1.13. The van der Waals surface area contributed by atoms with Gasteiger partial charge in [-0.25, -0.2) is 0 Å². The third-order valence-electron chi connectivity index (χ3n) is 10.2. The van der Waals surface area contributed by atoms with E-state index in [-0.39, 0.29) is 0 Å². The molecule has 10 aromatic rings. The summed E-state index contributed by atoms with van der Waals surface area (Å²) in [6.07, 6.45) is 0. The molecule has 0 fully saturated rings. The average molecular weight is 680 g/mol. The van der Waals surface area contributed by atoms with Crippen molar-refractivity contribution in [2.75, 3.05) is 4.90 Å². The number of hydrogen-bond acceptors (Lipinski definition) is 2. The van der Waals surface area contributed by atoms with Gasteiger partial charge < -0.3 is 4.90 Å². The molecule has 0 saturated carbocycles. The second-order valence-corrected chi connectivity index (χ2v) is 14.4. The Kier molecular flexibility index (Phi) is 7.41. The van der Waals surface area contributed by atoms with Crippen LogP contribution in [-0.4, -0.2) is 0 Å². The molecule has 0 aliphatic heterocycles. The Bertz CT molecular complexity index is 2890. The van der Waals surface area contributed by atoms with Crippen molar-refractivity contribution in [3.05, 3.63) is 200 Å². The summed E-state index contributed by atoms with van der Waals surface area (Å²) in [5, 5.41) is 7.57. The van der Waals surface area contributed by atoms with E-state index in [0.717, 1.165) is 11.4 Å². The van der Waals surface area contributed by atoms with Crippen LogP contribution < -0.4 is 4.90 Å². The van der Waals surface area contributed by atoms with Gasteiger partial charge in [0.25, 0.3) is 0 Å². The summed E-state index contributed by atoms with van der Waals surface area (Å²) in [5.74, 6) is 0. The average Bonchev–Trinajstić information content (AvgIpc) is 3.60. The van der Waals surface area contributed by atoms with Gasteiger partial charge in [-0.1, -0.05) is 152 Å². The molecule has 0 bridgehead atoms. The molecule has 244 valence electrons. The van der Waals surface area contributed by atoms with Crippen LogP contribution in [-0.2, 0) is 0 Å². The van der Waals surface area contributed by atoms with Gasteiger partial charge in [-0.3, -0.25) is 0 Å². The number of anilines is 3. The van der Waals surface area contributed by atoms with E-state index < -0.39 is 0 Å². The lowest BCUT2D eigenvalue weighted by Gasteiger charge is -2.26. The highest BCUT2D eigenvalue weighted by molar-refractivity contribution is 7.26. The maximum Gasteiger partial charge on any atom is 0.0640 e. The summed E-state index contributed by atoms with van der Waals surface area (Å²) in [6.45, 7) is 0. The summed E-state index contributed by atoms with van der Waals surface area (Å²) >= 11 is 1.87. The molecule has 0 aliphatic rings. The van der Waals surface area contributed by atoms with Crippen molar-refractivity contribution in [3.63, 3.8) is 0 Å². The second-order valence-electron chi connectivity index (χ2n) is 13.4. The van der Waals surface area contributed by atoms with Crippen molar-refractivity contribution in [1.29, 1.82) is 0 Å². The molecule has 0 radical (unpaired) electrons. The number of benzene rings is 9. The van der Waals surface area contributed by atoms with Gasteiger partial charge in [0, 0.05) is 26.8 Å². The normalized spacial score (nSPS) is 11.5. The van der Waals surface area contributed by atoms with Gasteiger partial charge in [0.15, 0.2) is 0 Å². The zero-order valence-electron chi connectivity index (χ0n) is 28.4. The van der Waals surface area contributed by atoms with Crippen LogP contribution in [0.4, 0.5) is 17.1 Å². The second kappa shape index (κ2) is 12.7. The number of thiophene rings is 1. The van der Waals surface area contributed by atoms with Crippen LogP contribution in [0.15, 0.2) is 200 Å². The van der Waals surface area contributed by atoms with Crippen molar-refractivity contribution < 1.29 is 0 Å². The molecule has 0 unspecified atom stereocenters. The molecule has 0 atom stereocenters. The predicted octanol–water partition coefficient (Wildman–Crippen LogP) is 14.8. The molecule has 1 heterocycles. The summed E-state index contributed by atoms with van der Waals surface area (Å²) < 4.78 is 2.58. The lowest BCUT2D eigenvalue weighted by atomic mass is 9.98. The fourth-order valence-corrected chi connectivity index (χ4v) is 8.73. The maximum absolute atomic E-state index is 2.43. The fourth-order valence-electron chi connectivity index (χ4n) is 7.54. The topological polar surface area (TPSA) is 3.24 Å². The first-order valence-electron chi connectivity index (χ1n) is 17.7. The lowest BCUT2D eigenvalue weighted by Crippen LogP contribution is -2.10. The van der Waals surface area contributed by atoms with E-state index in [1.807, 2.05) is 11.3 Å². The molecule has 1 nitrogen and oxygen atoms in total. The number of nitrogens with zero attached hydrogens (tertiary/aromatic N) is 1. The Morgan fingerprint density at radius 3 is 1.56 bits per heavy atom. The van der Waals surface area contributed by atoms with Gasteiger partial charge in [-0.05, 0) is 103 Å². The van der Waals surface area contributed by atoms with Crippen LogP contribution in [0, 0.1) is 0 Å². The first-order chi connectivity index (χ1) is 25.7. The first kappa shape index (κ1) is 30.4. The molecule has 0 amide bonds. The number of fused-ring (bicyclic) bond motifs is 5. The SMILES string of the molecule is c1ccc(-c2ccc3sc4c(N(c5ccc(-c6ccc(-c7ccc8ccccc8c7)cc6)cc5)c5ccc6ccccc6c5)cccc4c3c2)cc1. The zero-order chi connectivity index (χ0) is 34.4. The van der Waals surface area contributed by atoms with Crippen molar-refractivity contribution >= 4 is 70.1 Å². The lowest BCUT2D eigenvalue weighted by molar-refractivity contribution is 1.31. The molecular formula is C50H33NS. The van der Waals surface area contributed by atoms with Crippen LogP contribution in [0.1, 0.15) is 0 Å². The molecule has 0 spiro atoms. The number of hydrogen-bond donors (Lipinski definition) is 0. The van der Waals surface area contributed by atoms with E-state index in [4.69, 9.17) is 0 Å². The quantitative estimate of drug-likeness (QED) is 0.169. The van der Waals surface area contributed by atoms with E-state index >= 15 is 0 Å². The van der Waals surface area contributed by atoms with E-state index in [2.05, 4.69) is 205 Å². The summed E-state index contributed by atoms with van der Waals surface area (Å²) in [5.41, 5.74) is 10.8. The van der Waals surface area contributed by atoms with Gasteiger partial charge in [0.05, 0.1) is 10.4 Å². The smallest absolute Gasteiger partial charge is 0.0640 e. The Morgan fingerprint density at radius 1 is 0.308 bits per heavy atom. The summed E-state index contributed by atoms with van der Waals surface area (Å²) in [7, 11) is 0. The maximum atomic E-state index is 2.43. The van der Waals surface area contributed by atoms with Gasteiger partial charge in [0.1, 0.15) is 0 Å². The van der Waals surface area contributed by atoms with Gasteiger partial charge in [-0.2, -0.15) is 0 Å². The monoisotopic (exact) mass is 679 g/mol. The highest BCUT2D eigenvalue weighted by atomic mass is 32.1. The molecule has 2 heteroatoms. The predicted molar refractivity (Wildman–Crippen MR) is 225 cm³/mol. The summed E-state index contributed by atoms with van der Waals surface area (Å²) in [4.78, 5) is 2.43. The minimum Gasteiger partial charge on any atom is -0.309 e. The third kappa shape index (κ3) is 5.42. The van der Waals surface area contributed by atoms with Crippen LogP contribution >= 0.6 is 11.3 Å². The molecule has 10 rings (SSSR count).